The Morgan fingerprint density at radius 2 is 1.85 bits per heavy atom. The molecule has 0 atom stereocenters. The maximum Gasteiger partial charge on any atom is 0.222 e. The number of H-pyrrole nitrogens is 1. The number of aryl methyl sites for hydroxylation is 1. The molecule has 0 amide bonds. The van der Waals surface area contributed by atoms with Crippen molar-refractivity contribution < 1.29 is 13.2 Å². The lowest BCUT2D eigenvalue weighted by Crippen LogP contribution is -2.18. The molecule has 0 radical (unpaired) electrons. The fraction of sp³-hybridized carbons (Fsp3) is 0.308. The van der Waals surface area contributed by atoms with Crippen molar-refractivity contribution in [1.82, 2.24) is 19.9 Å². The van der Waals surface area contributed by atoms with Crippen molar-refractivity contribution in [2.45, 2.75) is 25.5 Å². The van der Waals surface area contributed by atoms with Crippen LogP contribution in [-0.4, -0.2) is 54.7 Å². The molecule has 8 heteroatoms. The fourth-order valence-electron chi connectivity index (χ4n) is 3.90. The van der Waals surface area contributed by atoms with Crippen molar-refractivity contribution in [3.63, 3.8) is 0 Å². The van der Waals surface area contributed by atoms with Crippen LogP contribution in [0.2, 0.25) is 0 Å². The molecule has 7 nitrogen and oxygen atoms in total. The van der Waals surface area contributed by atoms with Gasteiger partial charge in [-0.2, -0.15) is 4.98 Å². The van der Waals surface area contributed by atoms with E-state index in [1.165, 1.54) is 0 Å². The molecule has 4 aromatic rings. The number of rotatable bonds is 10. The second-order valence-electron chi connectivity index (χ2n) is 8.86. The van der Waals surface area contributed by atoms with E-state index in [0.717, 1.165) is 34.3 Å². The SMILES string of the molecule is Cc1cc2cc(Oc3ccnc(Cc4cccc(CS(=O)(=O)CCCN(C)C)c4)n3)ccc2[nH]1. The molecule has 0 fully saturated rings. The number of hydrogen-bond donors (Lipinski definition) is 1. The Morgan fingerprint density at radius 1 is 1.03 bits per heavy atom. The molecule has 2 heterocycles. The standard InChI is InChI=1S/C26H30N4O3S/c1-19-14-22-17-23(8-9-24(22)28-19)33-26-10-11-27-25(29-26)16-20-6-4-7-21(15-20)18-34(31,32)13-5-12-30(2)3/h4,6-11,14-15,17,28H,5,12-13,16,18H2,1-3H3. The number of hydrogen-bond acceptors (Lipinski definition) is 6. The van der Waals surface area contributed by atoms with Crippen LogP contribution in [0.15, 0.2) is 60.8 Å². The second-order valence-corrected chi connectivity index (χ2v) is 11.0. The van der Waals surface area contributed by atoms with E-state index in [1.807, 2.05) is 68.4 Å². The van der Waals surface area contributed by atoms with Gasteiger partial charge in [0, 0.05) is 35.3 Å². The normalized spacial score (nSPS) is 11.9. The van der Waals surface area contributed by atoms with Gasteiger partial charge in [-0.3, -0.25) is 0 Å². The van der Waals surface area contributed by atoms with Gasteiger partial charge in [-0.15, -0.1) is 0 Å². The van der Waals surface area contributed by atoms with Crippen LogP contribution in [0.25, 0.3) is 10.9 Å². The molecule has 0 aliphatic rings. The zero-order valence-corrected chi connectivity index (χ0v) is 20.6. The van der Waals surface area contributed by atoms with Crippen molar-refractivity contribution >= 4 is 20.7 Å². The molecule has 0 unspecified atom stereocenters. The average Bonchev–Trinajstić information content (AvgIpc) is 3.13. The fourth-order valence-corrected chi connectivity index (χ4v) is 5.30. The van der Waals surface area contributed by atoms with E-state index >= 15 is 0 Å². The summed E-state index contributed by atoms with van der Waals surface area (Å²) in [5.41, 5.74) is 3.90. The minimum atomic E-state index is -3.16. The first kappa shape index (κ1) is 23.9. The summed E-state index contributed by atoms with van der Waals surface area (Å²) in [5.74, 6) is 2.02. The number of aromatic nitrogens is 3. The number of nitrogens with one attached hydrogen (secondary N) is 1. The zero-order valence-electron chi connectivity index (χ0n) is 19.8. The first-order valence-corrected chi connectivity index (χ1v) is 13.1. The van der Waals surface area contributed by atoms with Crippen LogP contribution in [0.1, 0.15) is 29.1 Å². The summed E-state index contributed by atoms with van der Waals surface area (Å²) in [6, 6.07) is 17.3. The number of ether oxygens (including phenoxy) is 1. The maximum absolute atomic E-state index is 12.5. The number of sulfone groups is 1. The van der Waals surface area contributed by atoms with Crippen LogP contribution < -0.4 is 4.74 Å². The Morgan fingerprint density at radius 3 is 2.68 bits per heavy atom. The molecule has 0 aliphatic heterocycles. The third kappa shape index (κ3) is 6.65. The Labute approximate surface area is 200 Å². The number of aromatic amines is 1. The predicted molar refractivity (Wildman–Crippen MR) is 135 cm³/mol. The van der Waals surface area contributed by atoms with E-state index in [-0.39, 0.29) is 11.5 Å². The largest absolute Gasteiger partial charge is 0.439 e. The Bertz CT molecular complexity index is 1380. The van der Waals surface area contributed by atoms with Gasteiger partial charge in [0.1, 0.15) is 11.6 Å². The molecule has 2 aromatic carbocycles. The van der Waals surface area contributed by atoms with Gasteiger partial charge < -0.3 is 14.6 Å². The van der Waals surface area contributed by atoms with Gasteiger partial charge in [-0.25, -0.2) is 13.4 Å². The zero-order chi connectivity index (χ0) is 24.1. The number of benzene rings is 2. The molecule has 0 bridgehead atoms. The van der Waals surface area contributed by atoms with Crippen LogP contribution >= 0.6 is 0 Å². The lowest BCUT2D eigenvalue weighted by molar-refractivity contribution is 0.408. The highest BCUT2D eigenvalue weighted by Gasteiger charge is 2.13. The monoisotopic (exact) mass is 478 g/mol. The van der Waals surface area contributed by atoms with E-state index in [1.54, 1.807) is 12.3 Å². The van der Waals surface area contributed by atoms with Crippen molar-refractivity contribution in [3.8, 4) is 11.6 Å². The van der Waals surface area contributed by atoms with Gasteiger partial charge in [0.25, 0.3) is 0 Å². The van der Waals surface area contributed by atoms with Crippen molar-refractivity contribution in [2.24, 2.45) is 0 Å². The molecule has 0 saturated carbocycles. The molecule has 34 heavy (non-hydrogen) atoms. The summed E-state index contributed by atoms with van der Waals surface area (Å²) in [4.78, 5) is 14.2. The Hall–Kier alpha value is -3.23. The Kier molecular flexibility index (Phi) is 7.29. The van der Waals surface area contributed by atoms with E-state index in [0.29, 0.717) is 30.3 Å². The Balaban J connectivity index is 1.42. The summed E-state index contributed by atoms with van der Waals surface area (Å²) in [5, 5.41) is 1.08. The third-order valence-corrected chi connectivity index (χ3v) is 7.11. The molecule has 2 aromatic heterocycles. The van der Waals surface area contributed by atoms with E-state index in [9.17, 15) is 8.42 Å². The predicted octanol–water partition coefficient (Wildman–Crippen LogP) is 4.52. The lowest BCUT2D eigenvalue weighted by atomic mass is 10.1. The summed E-state index contributed by atoms with van der Waals surface area (Å²) in [6.45, 7) is 2.78. The molecule has 4 rings (SSSR count). The second kappa shape index (κ2) is 10.4. The van der Waals surface area contributed by atoms with E-state index < -0.39 is 9.84 Å². The lowest BCUT2D eigenvalue weighted by Gasteiger charge is -2.10. The van der Waals surface area contributed by atoms with E-state index in [4.69, 9.17) is 4.74 Å². The number of fused-ring (bicyclic) bond motifs is 1. The summed E-state index contributed by atoms with van der Waals surface area (Å²) in [6.07, 6.45) is 2.80. The van der Waals surface area contributed by atoms with Crippen molar-refractivity contribution in [2.75, 3.05) is 26.4 Å². The quantitative estimate of drug-likeness (QED) is 0.361. The molecule has 0 saturated heterocycles. The van der Waals surface area contributed by atoms with E-state index in [2.05, 4.69) is 21.0 Å². The van der Waals surface area contributed by atoms with Crippen LogP contribution in [0.3, 0.4) is 0 Å². The third-order valence-electron chi connectivity index (χ3n) is 5.43. The first-order valence-electron chi connectivity index (χ1n) is 11.3. The summed E-state index contributed by atoms with van der Waals surface area (Å²) in [7, 11) is 0.732. The number of nitrogens with zero attached hydrogens (tertiary/aromatic N) is 3. The van der Waals surface area contributed by atoms with Crippen LogP contribution in [-0.2, 0) is 22.0 Å². The topological polar surface area (TPSA) is 88.2 Å². The first-order chi connectivity index (χ1) is 16.3. The minimum Gasteiger partial charge on any atom is -0.439 e. The summed E-state index contributed by atoms with van der Waals surface area (Å²) >= 11 is 0. The molecule has 0 aliphatic carbocycles. The molecule has 178 valence electrons. The highest BCUT2D eigenvalue weighted by molar-refractivity contribution is 7.90. The minimum absolute atomic E-state index is 0.0411. The van der Waals surface area contributed by atoms with Gasteiger partial charge in [0.15, 0.2) is 9.84 Å². The van der Waals surface area contributed by atoms with Gasteiger partial charge in [0.2, 0.25) is 5.88 Å². The smallest absolute Gasteiger partial charge is 0.222 e. The van der Waals surface area contributed by atoms with Crippen LogP contribution in [0, 0.1) is 6.92 Å². The van der Waals surface area contributed by atoms with Gasteiger partial charge in [-0.1, -0.05) is 24.3 Å². The molecule has 1 N–H and O–H groups in total. The summed E-state index contributed by atoms with van der Waals surface area (Å²) < 4.78 is 31.0. The van der Waals surface area contributed by atoms with Gasteiger partial charge >= 0.3 is 0 Å². The van der Waals surface area contributed by atoms with Crippen LogP contribution in [0.5, 0.6) is 11.6 Å². The van der Waals surface area contributed by atoms with Gasteiger partial charge in [-0.05, 0) is 69.4 Å². The molecule has 0 spiro atoms. The molecular formula is C26H30N4O3S. The highest BCUT2D eigenvalue weighted by Crippen LogP contribution is 2.25. The van der Waals surface area contributed by atoms with Gasteiger partial charge in [0.05, 0.1) is 11.5 Å². The van der Waals surface area contributed by atoms with Crippen LogP contribution in [0.4, 0.5) is 0 Å². The highest BCUT2D eigenvalue weighted by atomic mass is 32.2. The van der Waals surface area contributed by atoms with Crippen molar-refractivity contribution in [1.29, 1.82) is 0 Å². The maximum atomic E-state index is 12.5. The molecular weight excluding hydrogens is 448 g/mol. The average molecular weight is 479 g/mol. The van der Waals surface area contributed by atoms with Crippen molar-refractivity contribution in [3.05, 3.63) is 83.4 Å².